The van der Waals surface area contributed by atoms with Crippen molar-refractivity contribution in [3.05, 3.63) is 56.2 Å². The predicted octanol–water partition coefficient (Wildman–Crippen LogP) is 4.08. The minimum atomic E-state index is -4.53. The van der Waals surface area contributed by atoms with Gasteiger partial charge in [-0.25, -0.2) is 4.98 Å². The van der Waals surface area contributed by atoms with Gasteiger partial charge in [0.05, 0.1) is 22.1 Å². The Morgan fingerprint density at radius 2 is 1.87 bits per heavy atom. The monoisotopic (exact) mass is 477 g/mol. The fourth-order valence-corrected chi connectivity index (χ4v) is 3.54. The zero-order valence-electron chi connectivity index (χ0n) is 15.8. The molecule has 1 saturated heterocycles. The molecule has 0 radical (unpaired) electrons. The molecule has 31 heavy (non-hydrogen) atoms. The normalized spacial score (nSPS) is 15.1. The highest BCUT2D eigenvalue weighted by Crippen LogP contribution is 2.33. The molecule has 0 spiro atoms. The number of benzene rings is 1. The van der Waals surface area contributed by atoms with E-state index < -0.39 is 22.6 Å². The summed E-state index contributed by atoms with van der Waals surface area (Å²) in [7, 11) is 0. The minimum absolute atomic E-state index is 0.0121. The van der Waals surface area contributed by atoms with Gasteiger partial charge in [-0.3, -0.25) is 19.8 Å². The third-order valence-corrected chi connectivity index (χ3v) is 5.13. The van der Waals surface area contributed by atoms with Gasteiger partial charge in [0, 0.05) is 43.5 Å². The number of piperazine rings is 1. The van der Waals surface area contributed by atoms with E-state index in [4.69, 9.17) is 23.2 Å². The lowest BCUT2D eigenvalue weighted by Crippen LogP contribution is -2.49. The van der Waals surface area contributed by atoms with Gasteiger partial charge in [-0.15, -0.1) is 0 Å². The summed E-state index contributed by atoms with van der Waals surface area (Å²) in [5.74, 6) is -0.194. The zero-order valence-corrected chi connectivity index (χ0v) is 17.3. The fourth-order valence-electron chi connectivity index (χ4n) is 3.09. The number of nitrogens with one attached hydrogen (secondary N) is 1. The van der Waals surface area contributed by atoms with Crippen LogP contribution in [0.1, 0.15) is 5.56 Å². The second-order valence-corrected chi connectivity index (χ2v) is 7.60. The van der Waals surface area contributed by atoms with Crippen LogP contribution in [0.4, 0.5) is 30.4 Å². The van der Waals surface area contributed by atoms with Gasteiger partial charge in [0.2, 0.25) is 5.91 Å². The molecule has 2 heterocycles. The van der Waals surface area contributed by atoms with Crippen molar-refractivity contribution in [1.82, 2.24) is 9.88 Å². The highest BCUT2D eigenvalue weighted by molar-refractivity contribution is 6.33. The Morgan fingerprint density at radius 3 is 2.45 bits per heavy atom. The molecule has 0 atom stereocenters. The second kappa shape index (κ2) is 9.25. The number of hydrogen-bond acceptors (Lipinski definition) is 6. The maximum atomic E-state index is 12.8. The van der Waals surface area contributed by atoms with Crippen molar-refractivity contribution in [3.8, 4) is 0 Å². The van der Waals surface area contributed by atoms with Crippen molar-refractivity contribution in [2.75, 3.05) is 42.9 Å². The number of pyridine rings is 1. The first kappa shape index (κ1) is 23.0. The molecule has 2 aromatic rings. The number of amides is 1. The first-order valence-corrected chi connectivity index (χ1v) is 9.74. The number of nitro benzene ring substituents is 1. The van der Waals surface area contributed by atoms with E-state index in [2.05, 4.69) is 10.3 Å². The SMILES string of the molecule is O=C(CN1CCN(c2ncc(C(F)(F)F)cc2Cl)CC1)Nc1ccc(Cl)cc1[N+](=O)[O-]. The smallest absolute Gasteiger partial charge is 0.353 e. The lowest BCUT2D eigenvalue weighted by Gasteiger charge is -2.35. The molecule has 0 aliphatic carbocycles. The average molecular weight is 478 g/mol. The number of carbonyl (C=O) groups is 1. The molecule has 1 aliphatic heterocycles. The molecule has 1 N–H and O–H groups in total. The molecular formula is C18H16Cl2F3N5O3. The summed E-state index contributed by atoms with van der Waals surface area (Å²) in [6.07, 6.45) is -3.79. The fraction of sp³-hybridized carbons (Fsp3) is 0.333. The van der Waals surface area contributed by atoms with Crippen LogP contribution in [0.25, 0.3) is 0 Å². The quantitative estimate of drug-likeness (QED) is 0.515. The number of alkyl halides is 3. The van der Waals surface area contributed by atoms with E-state index in [0.717, 1.165) is 18.3 Å². The first-order chi connectivity index (χ1) is 14.5. The first-order valence-electron chi connectivity index (χ1n) is 8.98. The number of carbonyl (C=O) groups excluding carboxylic acids is 1. The lowest BCUT2D eigenvalue weighted by atomic mass is 10.2. The number of halogens is 5. The zero-order chi connectivity index (χ0) is 22.8. The Morgan fingerprint density at radius 1 is 1.19 bits per heavy atom. The van der Waals surface area contributed by atoms with Gasteiger partial charge >= 0.3 is 6.18 Å². The maximum absolute atomic E-state index is 12.8. The number of rotatable bonds is 5. The predicted molar refractivity (Wildman–Crippen MR) is 110 cm³/mol. The van der Waals surface area contributed by atoms with Crippen LogP contribution in [0.15, 0.2) is 30.5 Å². The second-order valence-electron chi connectivity index (χ2n) is 6.76. The van der Waals surface area contributed by atoms with Gasteiger partial charge in [-0.1, -0.05) is 23.2 Å². The van der Waals surface area contributed by atoms with Crippen molar-refractivity contribution >= 4 is 46.3 Å². The van der Waals surface area contributed by atoms with E-state index in [9.17, 15) is 28.1 Å². The minimum Gasteiger partial charge on any atom is -0.353 e. The van der Waals surface area contributed by atoms with Gasteiger partial charge in [0.1, 0.15) is 11.5 Å². The largest absolute Gasteiger partial charge is 0.417 e. The van der Waals surface area contributed by atoms with E-state index >= 15 is 0 Å². The van der Waals surface area contributed by atoms with Crippen molar-refractivity contribution in [3.63, 3.8) is 0 Å². The molecule has 1 fully saturated rings. The summed E-state index contributed by atoms with van der Waals surface area (Å²) in [6, 6.07) is 4.78. The molecule has 166 valence electrons. The van der Waals surface area contributed by atoms with Gasteiger partial charge in [-0.2, -0.15) is 13.2 Å². The van der Waals surface area contributed by atoms with Crippen LogP contribution in [-0.4, -0.2) is 53.4 Å². The summed E-state index contributed by atoms with van der Waals surface area (Å²) in [4.78, 5) is 30.2. The Balaban J connectivity index is 1.57. The lowest BCUT2D eigenvalue weighted by molar-refractivity contribution is -0.383. The molecule has 1 aromatic heterocycles. The van der Waals surface area contributed by atoms with E-state index in [0.29, 0.717) is 26.2 Å². The third-order valence-electron chi connectivity index (χ3n) is 4.62. The number of nitrogens with zero attached hydrogens (tertiary/aromatic N) is 4. The van der Waals surface area contributed by atoms with Crippen molar-refractivity contribution in [2.45, 2.75) is 6.18 Å². The van der Waals surface area contributed by atoms with Crippen molar-refractivity contribution < 1.29 is 22.9 Å². The van der Waals surface area contributed by atoms with E-state index in [-0.39, 0.29) is 33.8 Å². The van der Waals surface area contributed by atoms with Crippen LogP contribution in [-0.2, 0) is 11.0 Å². The third kappa shape index (κ3) is 5.75. The molecule has 0 saturated carbocycles. The number of aromatic nitrogens is 1. The molecular weight excluding hydrogens is 462 g/mol. The molecule has 1 aromatic carbocycles. The van der Waals surface area contributed by atoms with Crippen LogP contribution >= 0.6 is 23.2 Å². The number of hydrogen-bond donors (Lipinski definition) is 1. The summed E-state index contributed by atoms with van der Waals surface area (Å²) >= 11 is 11.7. The Hall–Kier alpha value is -2.63. The summed E-state index contributed by atoms with van der Waals surface area (Å²) in [6.45, 7) is 1.63. The molecule has 0 bridgehead atoms. The van der Waals surface area contributed by atoms with E-state index in [1.54, 1.807) is 4.90 Å². The molecule has 1 amide bonds. The molecule has 13 heteroatoms. The van der Waals surface area contributed by atoms with Crippen LogP contribution in [0.5, 0.6) is 0 Å². The summed E-state index contributed by atoms with van der Waals surface area (Å²) < 4.78 is 38.3. The highest BCUT2D eigenvalue weighted by atomic mass is 35.5. The molecule has 8 nitrogen and oxygen atoms in total. The highest BCUT2D eigenvalue weighted by Gasteiger charge is 2.32. The Kier molecular flexibility index (Phi) is 6.87. The number of nitro groups is 1. The number of anilines is 2. The standard InChI is InChI=1S/C18H16Cl2F3N5O3/c19-12-1-2-14(15(8-12)28(30)31)25-16(29)10-26-3-5-27(6-4-26)17-13(20)7-11(9-24-17)18(21,22)23/h1-2,7-9H,3-6,10H2,(H,25,29). The van der Waals surface area contributed by atoms with Crippen LogP contribution in [0, 0.1) is 10.1 Å². The van der Waals surface area contributed by atoms with E-state index in [1.807, 2.05) is 4.90 Å². The maximum Gasteiger partial charge on any atom is 0.417 e. The Bertz CT molecular complexity index is 998. The van der Waals surface area contributed by atoms with E-state index in [1.165, 1.54) is 12.1 Å². The van der Waals surface area contributed by atoms with Gasteiger partial charge in [-0.05, 0) is 18.2 Å². The van der Waals surface area contributed by atoms with Gasteiger partial charge < -0.3 is 10.2 Å². The van der Waals surface area contributed by atoms with Crippen molar-refractivity contribution in [1.29, 1.82) is 0 Å². The van der Waals surface area contributed by atoms with Gasteiger partial charge in [0.25, 0.3) is 5.69 Å². The average Bonchev–Trinajstić information content (AvgIpc) is 2.69. The van der Waals surface area contributed by atoms with Gasteiger partial charge in [0.15, 0.2) is 0 Å². The van der Waals surface area contributed by atoms with Crippen LogP contribution in [0.2, 0.25) is 10.0 Å². The molecule has 1 aliphatic rings. The molecule has 3 rings (SSSR count). The van der Waals surface area contributed by atoms with Crippen LogP contribution in [0.3, 0.4) is 0 Å². The Labute approximate surface area is 184 Å². The molecule has 0 unspecified atom stereocenters. The topological polar surface area (TPSA) is 91.6 Å². The van der Waals surface area contributed by atoms with Crippen molar-refractivity contribution in [2.24, 2.45) is 0 Å². The summed E-state index contributed by atoms with van der Waals surface area (Å²) in [5, 5.41) is 13.7. The summed E-state index contributed by atoms with van der Waals surface area (Å²) in [5.41, 5.74) is -1.19. The van der Waals surface area contributed by atoms with Crippen LogP contribution < -0.4 is 10.2 Å².